The molecule has 1 atom stereocenters. The Labute approximate surface area is 128 Å². The van der Waals surface area contributed by atoms with Crippen molar-refractivity contribution in [3.8, 4) is 0 Å². The average Bonchev–Trinajstić information content (AvgIpc) is 3.17. The third-order valence-electron chi connectivity index (χ3n) is 3.91. The molecule has 0 bridgehead atoms. The average molecular weight is 304 g/mol. The van der Waals surface area contributed by atoms with Crippen LogP contribution in [0.4, 0.5) is 0 Å². The van der Waals surface area contributed by atoms with Gasteiger partial charge in [-0.15, -0.1) is 11.3 Å². The van der Waals surface area contributed by atoms with Gasteiger partial charge in [-0.2, -0.15) is 0 Å². The van der Waals surface area contributed by atoms with Crippen molar-refractivity contribution >= 4 is 17.2 Å². The molecule has 0 radical (unpaired) electrons. The van der Waals surface area contributed by atoms with Gasteiger partial charge in [0.05, 0.1) is 23.1 Å². The smallest absolute Gasteiger partial charge is 0.274 e. The number of imidazole rings is 1. The molecular weight excluding hydrogens is 284 g/mol. The molecule has 0 unspecified atom stereocenters. The van der Waals surface area contributed by atoms with Crippen molar-refractivity contribution in [2.45, 2.75) is 45.7 Å². The van der Waals surface area contributed by atoms with E-state index in [9.17, 15) is 4.79 Å². The molecule has 3 rings (SSSR count). The van der Waals surface area contributed by atoms with E-state index in [1.54, 1.807) is 17.7 Å². The summed E-state index contributed by atoms with van der Waals surface area (Å²) in [6, 6.07) is 0.418. The third kappa shape index (κ3) is 2.72. The zero-order valence-electron chi connectivity index (χ0n) is 12.6. The number of rotatable bonds is 3. The number of likely N-dealkylation sites (tertiary alicyclic amines) is 1. The number of carbonyl (C=O) groups excluding carboxylic acids is 1. The molecule has 112 valence electrons. The zero-order chi connectivity index (χ0) is 15.0. The van der Waals surface area contributed by atoms with E-state index in [1.807, 2.05) is 22.6 Å². The summed E-state index contributed by atoms with van der Waals surface area (Å²) in [7, 11) is 0. The fraction of sp³-hybridized carbons (Fsp3) is 0.533. The summed E-state index contributed by atoms with van der Waals surface area (Å²) in [6.45, 7) is 6.94. The molecule has 0 spiro atoms. The summed E-state index contributed by atoms with van der Waals surface area (Å²) in [5, 5.41) is 3.12. The minimum absolute atomic E-state index is 0.0163. The predicted molar refractivity (Wildman–Crippen MR) is 82.5 cm³/mol. The lowest BCUT2D eigenvalue weighted by Gasteiger charge is -2.22. The van der Waals surface area contributed by atoms with Crippen molar-refractivity contribution in [2.75, 3.05) is 6.54 Å². The lowest BCUT2D eigenvalue weighted by Crippen LogP contribution is -2.31. The van der Waals surface area contributed by atoms with Gasteiger partial charge in [0.1, 0.15) is 5.69 Å². The van der Waals surface area contributed by atoms with E-state index in [4.69, 9.17) is 0 Å². The molecule has 1 fully saturated rings. The van der Waals surface area contributed by atoms with Crippen molar-refractivity contribution in [3.05, 3.63) is 34.3 Å². The molecule has 0 aromatic carbocycles. The SMILES string of the molecule is Cc1nc([C@H]2CCCN2C(=O)c2cn(C(C)C)cn2)cs1. The maximum absolute atomic E-state index is 12.7. The summed E-state index contributed by atoms with van der Waals surface area (Å²) in [6.07, 6.45) is 5.59. The van der Waals surface area contributed by atoms with Crippen LogP contribution < -0.4 is 0 Å². The van der Waals surface area contributed by atoms with Gasteiger partial charge < -0.3 is 9.47 Å². The van der Waals surface area contributed by atoms with Gasteiger partial charge in [0, 0.05) is 24.2 Å². The van der Waals surface area contributed by atoms with Gasteiger partial charge in [0.2, 0.25) is 0 Å². The molecule has 1 aliphatic rings. The van der Waals surface area contributed by atoms with Crippen LogP contribution in [0.3, 0.4) is 0 Å². The minimum Gasteiger partial charge on any atom is -0.334 e. The molecule has 6 heteroatoms. The topological polar surface area (TPSA) is 51.0 Å². The molecule has 1 aliphatic heterocycles. The Balaban J connectivity index is 1.82. The van der Waals surface area contributed by atoms with E-state index in [2.05, 4.69) is 29.2 Å². The number of carbonyl (C=O) groups is 1. The van der Waals surface area contributed by atoms with Crippen molar-refractivity contribution in [3.63, 3.8) is 0 Å². The first-order valence-electron chi connectivity index (χ1n) is 7.32. The van der Waals surface area contributed by atoms with Gasteiger partial charge in [-0.1, -0.05) is 0 Å². The molecule has 2 aromatic heterocycles. The molecule has 1 amide bonds. The number of nitrogens with zero attached hydrogens (tertiary/aromatic N) is 4. The molecule has 0 N–H and O–H groups in total. The third-order valence-corrected chi connectivity index (χ3v) is 4.70. The summed E-state index contributed by atoms with van der Waals surface area (Å²) < 4.78 is 1.96. The highest BCUT2D eigenvalue weighted by atomic mass is 32.1. The Morgan fingerprint density at radius 2 is 2.29 bits per heavy atom. The first-order valence-corrected chi connectivity index (χ1v) is 8.20. The van der Waals surface area contributed by atoms with Crippen LogP contribution in [-0.2, 0) is 0 Å². The number of hydrogen-bond acceptors (Lipinski definition) is 4. The van der Waals surface area contributed by atoms with Gasteiger partial charge in [-0.3, -0.25) is 4.79 Å². The predicted octanol–water partition coefficient (Wildman–Crippen LogP) is 3.21. The van der Waals surface area contributed by atoms with E-state index >= 15 is 0 Å². The zero-order valence-corrected chi connectivity index (χ0v) is 13.4. The molecule has 5 nitrogen and oxygen atoms in total. The Kier molecular flexibility index (Phi) is 3.80. The van der Waals surface area contributed by atoms with Crippen LogP contribution in [0.1, 0.15) is 60.0 Å². The Hall–Kier alpha value is -1.69. The van der Waals surface area contributed by atoms with Crippen molar-refractivity contribution in [2.24, 2.45) is 0 Å². The van der Waals surface area contributed by atoms with Gasteiger partial charge in [-0.25, -0.2) is 9.97 Å². The highest BCUT2D eigenvalue weighted by molar-refractivity contribution is 7.09. The Bertz CT molecular complexity index is 646. The van der Waals surface area contributed by atoms with E-state index in [-0.39, 0.29) is 11.9 Å². The quantitative estimate of drug-likeness (QED) is 0.875. The standard InChI is InChI=1S/C15H20N4OS/c1-10(2)18-7-12(16-9-18)15(20)19-6-4-5-14(19)13-8-21-11(3)17-13/h7-10,14H,4-6H2,1-3H3/t14-/m1/s1. The number of thiazole rings is 1. The van der Waals surface area contributed by atoms with Crippen molar-refractivity contribution in [1.29, 1.82) is 0 Å². The summed E-state index contributed by atoms with van der Waals surface area (Å²) in [5.74, 6) is 0.0163. The molecule has 21 heavy (non-hydrogen) atoms. The van der Waals surface area contributed by atoms with E-state index in [0.717, 1.165) is 30.1 Å². The Morgan fingerprint density at radius 3 is 2.90 bits per heavy atom. The summed E-state index contributed by atoms with van der Waals surface area (Å²) in [4.78, 5) is 23.4. The second-order valence-corrected chi connectivity index (χ2v) is 6.81. The normalized spacial score (nSPS) is 18.7. The van der Waals surface area contributed by atoms with Crippen LogP contribution >= 0.6 is 11.3 Å². The summed E-state index contributed by atoms with van der Waals surface area (Å²) >= 11 is 1.64. The molecule has 3 heterocycles. The van der Waals surface area contributed by atoms with Gasteiger partial charge in [0.15, 0.2) is 0 Å². The summed E-state index contributed by atoms with van der Waals surface area (Å²) in [5.41, 5.74) is 1.55. The first-order chi connectivity index (χ1) is 10.1. The van der Waals surface area contributed by atoms with Gasteiger partial charge in [0.25, 0.3) is 5.91 Å². The molecule has 1 saturated heterocycles. The number of amides is 1. The number of aromatic nitrogens is 3. The maximum Gasteiger partial charge on any atom is 0.274 e. The molecular formula is C15H20N4OS. The largest absolute Gasteiger partial charge is 0.334 e. The van der Waals surface area contributed by atoms with Crippen LogP contribution in [0, 0.1) is 6.92 Å². The molecule has 0 aliphatic carbocycles. The highest BCUT2D eigenvalue weighted by Crippen LogP contribution is 2.33. The van der Waals surface area contributed by atoms with E-state index < -0.39 is 0 Å². The fourth-order valence-electron chi connectivity index (χ4n) is 2.73. The lowest BCUT2D eigenvalue weighted by atomic mass is 10.1. The number of hydrogen-bond donors (Lipinski definition) is 0. The van der Waals surface area contributed by atoms with Crippen LogP contribution in [0.2, 0.25) is 0 Å². The second kappa shape index (κ2) is 5.60. The lowest BCUT2D eigenvalue weighted by molar-refractivity contribution is 0.0727. The van der Waals surface area contributed by atoms with E-state index in [1.165, 1.54) is 0 Å². The monoisotopic (exact) mass is 304 g/mol. The maximum atomic E-state index is 12.7. The van der Waals surface area contributed by atoms with Crippen LogP contribution in [0.15, 0.2) is 17.9 Å². The second-order valence-electron chi connectivity index (χ2n) is 5.75. The van der Waals surface area contributed by atoms with Crippen molar-refractivity contribution < 1.29 is 4.79 Å². The first kappa shape index (κ1) is 14.3. The molecule has 0 saturated carbocycles. The van der Waals surface area contributed by atoms with E-state index in [0.29, 0.717) is 11.7 Å². The highest BCUT2D eigenvalue weighted by Gasteiger charge is 2.33. The van der Waals surface area contributed by atoms with Crippen LogP contribution in [0.25, 0.3) is 0 Å². The number of aryl methyl sites for hydroxylation is 1. The molecule has 2 aromatic rings. The van der Waals surface area contributed by atoms with Crippen LogP contribution in [-0.4, -0.2) is 31.9 Å². The Morgan fingerprint density at radius 1 is 1.48 bits per heavy atom. The van der Waals surface area contributed by atoms with Gasteiger partial charge in [-0.05, 0) is 33.6 Å². The van der Waals surface area contributed by atoms with Crippen molar-refractivity contribution in [1.82, 2.24) is 19.4 Å². The van der Waals surface area contributed by atoms with Crippen LogP contribution in [0.5, 0.6) is 0 Å². The van der Waals surface area contributed by atoms with Gasteiger partial charge >= 0.3 is 0 Å². The minimum atomic E-state index is 0.0163. The fourth-order valence-corrected chi connectivity index (χ4v) is 3.39.